The van der Waals surface area contributed by atoms with Gasteiger partial charge >= 0.3 is 0 Å². The first kappa shape index (κ1) is 15.3. The highest BCUT2D eigenvalue weighted by molar-refractivity contribution is 5.98. The number of carbonyl (C=O) groups excluding carboxylic acids is 1. The summed E-state index contributed by atoms with van der Waals surface area (Å²) in [6.07, 6.45) is 0.927. The first-order valence-electron chi connectivity index (χ1n) is 6.85. The van der Waals surface area contributed by atoms with Crippen molar-refractivity contribution in [2.75, 3.05) is 18.9 Å². The van der Waals surface area contributed by atoms with Crippen molar-refractivity contribution in [3.8, 4) is 5.75 Å². The molecule has 0 aliphatic carbocycles. The van der Waals surface area contributed by atoms with E-state index in [1.54, 1.807) is 18.2 Å². The summed E-state index contributed by atoms with van der Waals surface area (Å²) in [7, 11) is 0. The summed E-state index contributed by atoms with van der Waals surface area (Å²) >= 11 is 0. The number of rotatable bonds is 6. The van der Waals surface area contributed by atoms with E-state index < -0.39 is 0 Å². The summed E-state index contributed by atoms with van der Waals surface area (Å²) in [6, 6.07) is 5.47. The second kappa shape index (κ2) is 7.02. The Balaban J connectivity index is 3.13. The van der Waals surface area contributed by atoms with E-state index in [-0.39, 0.29) is 11.9 Å². The van der Waals surface area contributed by atoms with Crippen molar-refractivity contribution in [2.45, 2.75) is 40.2 Å². The number of benzene rings is 1. The highest BCUT2D eigenvalue weighted by atomic mass is 16.5. The van der Waals surface area contributed by atoms with E-state index >= 15 is 0 Å². The average Bonchev–Trinajstić information content (AvgIpc) is 2.37. The molecular weight excluding hydrogens is 240 g/mol. The van der Waals surface area contributed by atoms with E-state index in [1.165, 1.54) is 0 Å². The highest BCUT2D eigenvalue weighted by Gasteiger charge is 2.22. The van der Waals surface area contributed by atoms with Gasteiger partial charge in [0.15, 0.2) is 5.75 Å². The Morgan fingerprint density at radius 2 is 2.05 bits per heavy atom. The molecule has 0 aromatic heterocycles. The molecule has 19 heavy (non-hydrogen) atoms. The van der Waals surface area contributed by atoms with Crippen LogP contribution in [0.2, 0.25) is 0 Å². The Morgan fingerprint density at radius 3 is 2.58 bits per heavy atom. The summed E-state index contributed by atoms with van der Waals surface area (Å²) < 4.78 is 5.52. The second-order valence-corrected chi connectivity index (χ2v) is 4.75. The average molecular weight is 264 g/mol. The van der Waals surface area contributed by atoms with E-state index in [4.69, 9.17) is 10.5 Å². The third kappa shape index (κ3) is 3.63. The molecule has 0 spiro atoms. The van der Waals surface area contributed by atoms with Gasteiger partial charge in [0.2, 0.25) is 0 Å². The van der Waals surface area contributed by atoms with Crippen molar-refractivity contribution in [1.29, 1.82) is 0 Å². The van der Waals surface area contributed by atoms with Gasteiger partial charge in [-0.1, -0.05) is 13.0 Å². The molecule has 0 unspecified atom stereocenters. The number of amides is 1. The molecular formula is C15H24N2O2. The van der Waals surface area contributed by atoms with Gasteiger partial charge in [0.05, 0.1) is 17.9 Å². The number of carbonyl (C=O) groups is 1. The smallest absolute Gasteiger partial charge is 0.257 e. The number of ether oxygens (including phenoxy) is 1. The van der Waals surface area contributed by atoms with Crippen molar-refractivity contribution in [2.24, 2.45) is 0 Å². The lowest BCUT2D eigenvalue weighted by atomic mass is 10.1. The van der Waals surface area contributed by atoms with Crippen LogP contribution in [0.15, 0.2) is 18.2 Å². The molecule has 0 atom stereocenters. The molecule has 1 amide bonds. The third-order valence-electron chi connectivity index (χ3n) is 2.91. The third-order valence-corrected chi connectivity index (χ3v) is 2.91. The molecule has 1 rings (SSSR count). The predicted octanol–water partition coefficient (Wildman–Crippen LogP) is 2.93. The molecule has 1 aromatic rings. The fraction of sp³-hybridized carbons (Fsp3) is 0.533. The summed E-state index contributed by atoms with van der Waals surface area (Å²) in [5.74, 6) is 0.476. The summed E-state index contributed by atoms with van der Waals surface area (Å²) in [6.45, 7) is 9.19. The number of anilines is 1. The highest BCUT2D eigenvalue weighted by Crippen LogP contribution is 2.28. The monoisotopic (exact) mass is 264 g/mol. The van der Waals surface area contributed by atoms with Gasteiger partial charge in [0, 0.05) is 12.6 Å². The van der Waals surface area contributed by atoms with Crippen LogP contribution < -0.4 is 10.5 Å². The van der Waals surface area contributed by atoms with Crippen LogP contribution in [0.1, 0.15) is 44.5 Å². The molecule has 4 heteroatoms. The topological polar surface area (TPSA) is 55.6 Å². The zero-order chi connectivity index (χ0) is 14.4. The van der Waals surface area contributed by atoms with Crippen molar-refractivity contribution in [3.63, 3.8) is 0 Å². The standard InChI is InChI=1S/C15H24N2O2/c1-5-10-17(11(3)4)15(18)12-8-7-9-13(16)14(12)19-6-2/h7-9,11H,5-6,10,16H2,1-4H3. The Kier molecular flexibility index (Phi) is 5.67. The molecule has 0 heterocycles. The Labute approximate surface area is 115 Å². The molecule has 0 fully saturated rings. The largest absolute Gasteiger partial charge is 0.491 e. The van der Waals surface area contributed by atoms with Gasteiger partial charge in [-0.05, 0) is 39.3 Å². The Hall–Kier alpha value is -1.71. The van der Waals surface area contributed by atoms with Crippen LogP contribution in [-0.4, -0.2) is 30.0 Å². The summed E-state index contributed by atoms with van der Waals surface area (Å²) in [5, 5.41) is 0. The van der Waals surface area contributed by atoms with Gasteiger partial charge < -0.3 is 15.4 Å². The number of para-hydroxylation sites is 1. The number of hydrogen-bond donors (Lipinski definition) is 1. The fourth-order valence-corrected chi connectivity index (χ4v) is 2.02. The zero-order valence-corrected chi connectivity index (χ0v) is 12.3. The predicted molar refractivity (Wildman–Crippen MR) is 78.5 cm³/mol. The van der Waals surface area contributed by atoms with Gasteiger partial charge in [-0.25, -0.2) is 0 Å². The molecule has 4 nitrogen and oxygen atoms in total. The maximum Gasteiger partial charge on any atom is 0.257 e. The molecule has 0 saturated carbocycles. The molecule has 106 valence electrons. The maximum absolute atomic E-state index is 12.6. The first-order chi connectivity index (χ1) is 9.02. The van der Waals surface area contributed by atoms with Crippen LogP contribution in [0.5, 0.6) is 5.75 Å². The molecule has 0 saturated heterocycles. The first-order valence-corrected chi connectivity index (χ1v) is 6.85. The Bertz CT molecular complexity index is 430. The minimum Gasteiger partial charge on any atom is -0.491 e. The van der Waals surface area contributed by atoms with Gasteiger partial charge in [-0.3, -0.25) is 4.79 Å². The molecule has 0 bridgehead atoms. The van der Waals surface area contributed by atoms with Crippen LogP contribution in [0.3, 0.4) is 0 Å². The minimum absolute atomic E-state index is 0.0207. The van der Waals surface area contributed by atoms with E-state index in [0.717, 1.165) is 13.0 Å². The molecule has 0 aliphatic rings. The number of nitrogen functional groups attached to an aromatic ring is 1. The summed E-state index contributed by atoms with van der Waals surface area (Å²) in [5.41, 5.74) is 6.95. The van der Waals surface area contributed by atoms with Gasteiger partial charge in [0.1, 0.15) is 0 Å². The molecule has 2 N–H and O–H groups in total. The van der Waals surface area contributed by atoms with E-state index in [1.807, 2.05) is 25.7 Å². The van der Waals surface area contributed by atoms with Crippen molar-refractivity contribution in [1.82, 2.24) is 4.90 Å². The lowest BCUT2D eigenvalue weighted by Crippen LogP contribution is -2.37. The molecule has 1 aromatic carbocycles. The van der Waals surface area contributed by atoms with Crippen molar-refractivity contribution < 1.29 is 9.53 Å². The minimum atomic E-state index is -0.0207. The number of nitrogens with two attached hydrogens (primary N) is 1. The summed E-state index contributed by atoms with van der Waals surface area (Å²) in [4.78, 5) is 14.5. The van der Waals surface area contributed by atoms with Gasteiger partial charge in [-0.2, -0.15) is 0 Å². The van der Waals surface area contributed by atoms with Crippen molar-refractivity contribution >= 4 is 11.6 Å². The van der Waals surface area contributed by atoms with E-state index in [9.17, 15) is 4.79 Å². The second-order valence-electron chi connectivity index (χ2n) is 4.75. The van der Waals surface area contributed by atoms with Crippen LogP contribution in [0, 0.1) is 0 Å². The quantitative estimate of drug-likeness (QED) is 0.804. The van der Waals surface area contributed by atoms with Crippen LogP contribution >= 0.6 is 0 Å². The zero-order valence-electron chi connectivity index (χ0n) is 12.3. The van der Waals surface area contributed by atoms with E-state index in [0.29, 0.717) is 23.6 Å². The van der Waals surface area contributed by atoms with E-state index in [2.05, 4.69) is 6.92 Å². The Morgan fingerprint density at radius 1 is 1.37 bits per heavy atom. The number of nitrogens with zero attached hydrogens (tertiary/aromatic N) is 1. The lowest BCUT2D eigenvalue weighted by Gasteiger charge is -2.27. The van der Waals surface area contributed by atoms with Crippen LogP contribution in [0.25, 0.3) is 0 Å². The fourth-order valence-electron chi connectivity index (χ4n) is 2.02. The maximum atomic E-state index is 12.6. The molecule has 0 aliphatic heterocycles. The number of hydrogen-bond acceptors (Lipinski definition) is 3. The van der Waals surface area contributed by atoms with Crippen LogP contribution in [0.4, 0.5) is 5.69 Å². The normalized spacial score (nSPS) is 10.6. The van der Waals surface area contributed by atoms with Gasteiger partial charge in [0.25, 0.3) is 5.91 Å². The van der Waals surface area contributed by atoms with Crippen molar-refractivity contribution in [3.05, 3.63) is 23.8 Å². The van der Waals surface area contributed by atoms with Crippen LogP contribution in [-0.2, 0) is 0 Å². The molecule has 0 radical (unpaired) electrons. The van der Waals surface area contributed by atoms with Gasteiger partial charge in [-0.15, -0.1) is 0 Å². The lowest BCUT2D eigenvalue weighted by molar-refractivity contribution is 0.0702. The SMILES string of the molecule is CCCN(C(=O)c1cccc(N)c1OCC)C(C)C.